The predicted molar refractivity (Wildman–Crippen MR) is 87.5 cm³/mol. The van der Waals surface area contributed by atoms with E-state index in [1.165, 1.54) is 6.42 Å². The van der Waals surface area contributed by atoms with E-state index >= 15 is 0 Å². The first kappa shape index (κ1) is 16.3. The molecule has 0 saturated heterocycles. The zero-order valence-corrected chi connectivity index (χ0v) is 14.1. The maximum absolute atomic E-state index is 6.31. The van der Waals surface area contributed by atoms with Gasteiger partial charge in [0.1, 0.15) is 5.75 Å². The fourth-order valence-electron chi connectivity index (χ4n) is 3.28. The van der Waals surface area contributed by atoms with Crippen LogP contribution < -0.4 is 10.1 Å². The summed E-state index contributed by atoms with van der Waals surface area (Å²) in [5.74, 6) is 2.48. The molecule has 2 atom stereocenters. The van der Waals surface area contributed by atoms with Crippen LogP contribution in [0.5, 0.6) is 5.75 Å². The van der Waals surface area contributed by atoms with E-state index < -0.39 is 0 Å². The van der Waals surface area contributed by atoms with Gasteiger partial charge < -0.3 is 10.1 Å². The molecule has 0 spiro atoms. The molecule has 1 saturated carbocycles. The summed E-state index contributed by atoms with van der Waals surface area (Å²) < 4.78 is 6.31. The third kappa shape index (κ3) is 4.99. The first-order valence-corrected chi connectivity index (χ1v) is 8.30. The van der Waals surface area contributed by atoms with E-state index in [1.807, 2.05) is 13.0 Å². The van der Waals surface area contributed by atoms with Gasteiger partial charge in [-0.3, -0.25) is 4.98 Å². The fourth-order valence-corrected chi connectivity index (χ4v) is 3.28. The Labute approximate surface area is 129 Å². The zero-order valence-electron chi connectivity index (χ0n) is 14.1. The molecule has 1 N–H and O–H groups in total. The number of hydrogen-bond acceptors (Lipinski definition) is 3. The smallest absolute Gasteiger partial charge is 0.142 e. The van der Waals surface area contributed by atoms with Crippen LogP contribution in [0.4, 0.5) is 0 Å². The van der Waals surface area contributed by atoms with Crippen LogP contribution in [0.1, 0.15) is 58.3 Å². The summed E-state index contributed by atoms with van der Waals surface area (Å²) in [5, 5.41) is 3.44. The van der Waals surface area contributed by atoms with Gasteiger partial charge in [0.15, 0.2) is 0 Å². The Hall–Kier alpha value is -1.09. The molecule has 1 heterocycles. The summed E-state index contributed by atoms with van der Waals surface area (Å²) in [7, 11) is 0. The standard InChI is InChI=1S/C18H30N2O/c1-12(2)19-11-17-18(7-6-15(5)20-17)21-16-9-13(3)8-14(4)10-16/h6-7,12-14,16,19H,8-11H2,1-5H3. The quantitative estimate of drug-likeness (QED) is 0.887. The maximum atomic E-state index is 6.31. The highest BCUT2D eigenvalue weighted by molar-refractivity contribution is 5.29. The van der Waals surface area contributed by atoms with E-state index in [-0.39, 0.29) is 0 Å². The van der Waals surface area contributed by atoms with Crippen molar-refractivity contribution in [2.45, 2.75) is 72.6 Å². The van der Waals surface area contributed by atoms with E-state index in [4.69, 9.17) is 4.74 Å². The summed E-state index contributed by atoms with van der Waals surface area (Å²) in [5.41, 5.74) is 2.09. The molecule has 21 heavy (non-hydrogen) atoms. The highest BCUT2D eigenvalue weighted by Gasteiger charge is 2.26. The average molecular weight is 290 g/mol. The van der Waals surface area contributed by atoms with Crippen molar-refractivity contribution in [3.8, 4) is 5.75 Å². The summed E-state index contributed by atoms with van der Waals surface area (Å²) in [4.78, 5) is 4.66. The van der Waals surface area contributed by atoms with Gasteiger partial charge in [0.05, 0.1) is 11.8 Å². The molecule has 2 rings (SSSR count). The largest absolute Gasteiger partial charge is 0.488 e. The van der Waals surface area contributed by atoms with Crippen molar-refractivity contribution >= 4 is 0 Å². The van der Waals surface area contributed by atoms with Gasteiger partial charge in [0.25, 0.3) is 0 Å². The van der Waals surface area contributed by atoms with Crippen LogP contribution in [-0.4, -0.2) is 17.1 Å². The van der Waals surface area contributed by atoms with Crippen LogP contribution in [0.2, 0.25) is 0 Å². The van der Waals surface area contributed by atoms with Crippen molar-refractivity contribution in [3.05, 3.63) is 23.5 Å². The molecule has 1 aliphatic rings. The molecule has 3 nitrogen and oxygen atoms in total. The average Bonchev–Trinajstić information content (AvgIpc) is 2.37. The van der Waals surface area contributed by atoms with Crippen molar-refractivity contribution in [2.24, 2.45) is 11.8 Å². The Morgan fingerprint density at radius 1 is 1.19 bits per heavy atom. The van der Waals surface area contributed by atoms with Crippen LogP contribution in [0.25, 0.3) is 0 Å². The lowest BCUT2D eigenvalue weighted by Crippen LogP contribution is -2.29. The van der Waals surface area contributed by atoms with Crippen molar-refractivity contribution in [2.75, 3.05) is 0 Å². The van der Waals surface area contributed by atoms with Crippen molar-refractivity contribution in [3.63, 3.8) is 0 Å². The highest BCUT2D eigenvalue weighted by atomic mass is 16.5. The van der Waals surface area contributed by atoms with Gasteiger partial charge in [0.2, 0.25) is 0 Å². The van der Waals surface area contributed by atoms with Crippen LogP contribution >= 0.6 is 0 Å². The number of pyridine rings is 1. The second-order valence-electron chi connectivity index (χ2n) is 7.09. The summed E-state index contributed by atoms with van der Waals surface area (Å²) in [6.45, 7) is 11.8. The number of aryl methyl sites for hydroxylation is 1. The van der Waals surface area contributed by atoms with Crippen LogP contribution in [0, 0.1) is 18.8 Å². The number of hydrogen-bond donors (Lipinski definition) is 1. The van der Waals surface area contributed by atoms with E-state index in [0.29, 0.717) is 12.1 Å². The summed E-state index contributed by atoms with van der Waals surface area (Å²) >= 11 is 0. The van der Waals surface area contributed by atoms with Gasteiger partial charge in [0, 0.05) is 18.3 Å². The molecule has 0 aliphatic heterocycles. The molecule has 1 aromatic heterocycles. The fraction of sp³-hybridized carbons (Fsp3) is 0.722. The van der Waals surface area contributed by atoms with Gasteiger partial charge in [-0.05, 0) is 50.2 Å². The molecule has 0 amide bonds. The Morgan fingerprint density at radius 2 is 1.86 bits per heavy atom. The molecule has 0 bridgehead atoms. The minimum atomic E-state index is 0.339. The third-order valence-corrected chi connectivity index (χ3v) is 4.18. The molecule has 2 unspecified atom stereocenters. The second kappa shape index (κ2) is 7.26. The Bertz CT molecular complexity index is 449. The van der Waals surface area contributed by atoms with Gasteiger partial charge >= 0.3 is 0 Å². The third-order valence-electron chi connectivity index (χ3n) is 4.18. The van der Waals surface area contributed by atoms with Gasteiger partial charge in [-0.25, -0.2) is 0 Å². The number of ether oxygens (including phenoxy) is 1. The monoisotopic (exact) mass is 290 g/mol. The summed E-state index contributed by atoms with van der Waals surface area (Å²) in [6, 6.07) is 4.59. The first-order chi connectivity index (χ1) is 9.94. The Morgan fingerprint density at radius 3 is 2.48 bits per heavy atom. The van der Waals surface area contributed by atoms with E-state index in [9.17, 15) is 0 Å². The Kier molecular flexibility index (Phi) is 5.63. The topological polar surface area (TPSA) is 34.1 Å². The maximum Gasteiger partial charge on any atom is 0.142 e. The Balaban J connectivity index is 2.07. The number of nitrogens with zero attached hydrogens (tertiary/aromatic N) is 1. The lowest BCUT2D eigenvalue weighted by atomic mass is 9.82. The highest BCUT2D eigenvalue weighted by Crippen LogP contribution is 2.32. The predicted octanol–water partition coefficient (Wildman–Crippen LogP) is 4.09. The van der Waals surface area contributed by atoms with Crippen molar-refractivity contribution in [1.82, 2.24) is 10.3 Å². The van der Waals surface area contributed by atoms with E-state index in [0.717, 1.165) is 48.4 Å². The SMILES string of the molecule is Cc1ccc(OC2CC(C)CC(C)C2)c(CNC(C)C)n1. The minimum Gasteiger partial charge on any atom is -0.488 e. The van der Waals surface area contributed by atoms with Crippen LogP contribution in [-0.2, 0) is 6.54 Å². The molecule has 1 aliphatic carbocycles. The number of aromatic nitrogens is 1. The van der Waals surface area contributed by atoms with Gasteiger partial charge in [-0.2, -0.15) is 0 Å². The summed E-state index contributed by atoms with van der Waals surface area (Å²) in [6.07, 6.45) is 3.99. The molecular formula is C18H30N2O. The normalized spacial score (nSPS) is 26.1. The van der Waals surface area contributed by atoms with E-state index in [2.05, 4.69) is 44.1 Å². The first-order valence-electron chi connectivity index (χ1n) is 8.30. The minimum absolute atomic E-state index is 0.339. The van der Waals surface area contributed by atoms with Crippen molar-refractivity contribution in [1.29, 1.82) is 0 Å². The molecule has 0 radical (unpaired) electrons. The molecule has 0 aromatic carbocycles. The lowest BCUT2D eigenvalue weighted by Gasteiger charge is -2.32. The number of rotatable bonds is 5. The lowest BCUT2D eigenvalue weighted by molar-refractivity contribution is 0.0994. The van der Waals surface area contributed by atoms with Gasteiger partial charge in [-0.1, -0.05) is 27.7 Å². The molecule has 1 fully saturated rings. The van der Waals surface area contributed by atoms with Gasteiger partial charge in [-0.15, -0.1) is 0 Å². The molecule has 1 aromatic rings. The molecule has 118 valence electrons. The van der Waals surface area contributed by atoms with Crippen LogP contribution in [0.3, 0.4) is 0 Å². The van der Waals surface area contributed by atoms with Crippen LogP contribution in [0.15, 0.2) is 12.1 Å². The van der Waals surface area contributed by atoms with E-state index in [1.54, 1.807) is 0 Å². The van der Waals surface area contributed by atoms with Crippen molar-refractivity contribution < 1.29 is 4.74 Å². The molecular weight excluding hydrogens is 260 g/mol. The zero-order chi connectivity index (χ0) is 15.4. The molecule has 3 heteroatoms. The number of nitrogens with one attached hydrogen (secondary N) is 1. The second-order valence-corrected chi connectivity index (χ2v) is 7.09.